The van der Waals surface area contributed by atoms with Gasteiger partial charge in [0.05, 0.1) is 23.9 Å². The predicted molar refractivity (Wildman–Crippen MR) is 215 cm³/mol. The van der Waals surface area contributed by atoms with Gasteiger partial charge in [0.1, 0.15) is 30.8 Å². The van der Waals surface area contributed by atoms with Gasteiger partial charge in [-0.05, 0) is 98.8 Å². The van der Waals surface area contributed by atoms with E-state index in [1.165, 1.54) is 0 Å². The van der Waals surface area contributed by atoms with Crippen LogP contribution in [0.2, 0.25) is 0 Å². The van der Waals surface area contributed by atoms with Gasteiger partial charge in [0.25, 0.3) is 0 Å². The van der Waals surface area contributed by atoms with E-state index in [1.54, 1.807) is 6.08 Å². The summed E-state index contributed by atoms with van der Waals surface area (Å²) in [5.74, 6) is 0.0413. The fourth-order valence-electron chi connectivity index (χ4n) is 9.19. The molecule has 2 aromatic carbocycles. The number of benzene rings is 2. The SMILES string of the molecule is C=CCOC12Oc3ccc(OCc4cccc(C)n4)cc3C3C(CCCCO)C(CCCCO)C=C(C(=NOCc4ccccc4)CC1N(C)C(=O)C1CC1)C32. The van der Waals surface area contributed by atoms with Crippen molar-refractivity contribution >= 4 is 11.6 Å². The van der Waals surface area contributed by atoms with E-state index >= 15 is 0 Å². The zero-order valence-corrected chi connectivity index (χ0v) is 32.9. The summed E-state index contributed by atoms with van der Waals surface area (Å²) in [6, 6.07) is 21.4. The topological polar surface area (TPSA) is 123 Å². The third-order valence-corrected chi connectivity index (χ3v) is 12.0. The molecule has 3 aromatic rings. The lowest BCUT2D eigenvalue weighted by atomic mass is 9.55. The minimum atomic E-state index is -1.26. The van der Waals surface area contributed by atoms with Crippen LogP contribution in [0.1, 0.15) is 86.2 Å². The van der Waals surface area contributed by atoms with Gasteiger partial charge in [-0.2, -0.15) is 0 Å². The molecule has 3 aliphatic carbocycles. The maximum Gasteiger partial charge on any atom is 0.239 e. The average Bonchev–Trinajstić information content (AvgIpc) is 4.07. The number of pyridine rings is 1. The fourth-order valence-corrected chi connectivity index (χ4v) is 9.19. The van der Waals surface area contributed by atoms with Crippen LogP contribution in [0.3, 0.4) is 0 Å². The molecule has 2 N–H and O–H groups in total. The van der Waals surface area contributed by atoms with Crippen LogP contribution in [0.5, 0.6) is 11.5 Å². The zero-order chi connectivity index (χ0) is 39.1. The molecular formula is C46H57N3O7. The average molecular weight is 764 g/mol. The fraction of sp³-hybridized carbons (Fsp3) is 0.500. The number of rotatable bonds is 19. The molecule has 1 aliphatic heterocycles. The smallest absolute Gasteiger partial charge is 0.239 e. The Balaban J connectivity index is 1.38. The molecule has 298 valence electrons. The Morgan fingerprint density at radius 1 is 1.02 bits per heavy atom. The van der Waals surface area contributed by atoms with Crippen LogP contribution in [0, 0.1) is 30.6 Å². The van der Waals surface area contributed by atoms with Crippen molar-refractivity contribution in [2.45, 2.75) is 95.7 Å². The Morgan fingerprint density at radius 3 is 2.54 bits per heavy atom. The van der Waals surface area contributed by atoms with E-state index in [0.717, 1.165) is 72.3 Å². The number of aliphatic hydroxyl groups excluding tert-OH is 2. The van der Waals surface area contributed by atoms with Crippen molar-refractivity contribution in [2.24, 2.45) is 28.8 Å². The molecule has 6 unspecified atom stereocenters. The Hall–Kier alpha value is -4.51. The predicted octanol–water partition coefficient (Wildman–Crippen LogP) is 7.67. The van der Waals surface area contributed by atoms with Crippen molar-refractivity contribution in [1.82, 2.24) is 9.88 Å². The molecule has 4 aliphatic rings. The highest BCUT2D eigenvalue weighted by Gasteiger charge is 2.65. The first-order valence-electron chi connectivity index (χ1n) is 20.4. The molecule has 7 rings (SSSR count). The number of amides is 1. The minimum Gasteiger partial charge on any atom is -0.487 e. The zero-order valence-electron chi connectivity index (χ0n) is 32.9. The van der Waals surface area contributed by atoms with Crippen LogP contribution >= 0.6 is 0 Å². The number of oxime groups is 1. The molecule has 56 heavy (non-hydrogen) atoms. The second-order valence-corrected chi connectivity index (χ2v) is 15.8. The lowest BCUT2D eigenvalue weighted by molar-refractivity contribution is -0.255. The van der Waals surface area contributed by atoms with E-state index in [9.17, 15) is 15.0 Å². The van der Waals surface area contributed by atoms with Crippen LogP contribution in [-0.4, -0.2) is 70.4 Å². The summed E-state index contributed by atoms with van der Waals surface area (Å²) in [7, 11) is 1.88. The molecule has 2 heterocycles. The van der Waals surface area contributed by atoms with Crippen molar-refractivity contribution < 1.29 is 34.1 Å². The van der Waals surface area contributed by atoms with E-state index in [2.05, 4.69) is 23.7 Å². The van der Waals surface area contributed by atoms with Gasteiger partial charge in [-0.1, -0.05) is 66.5 Å². The lowest BCUT2D eigenvalue weighted by Crippen LogP contribution is -2.69. The van der Waals surface area contributed by atoms with Crippen LogP contribution in [-0.2, 0) is 27.6 Å². The molecule has 0 bridgehead atoms. The van der Waals surface area contributed by atoms with Crippen molar-refractivity contribution in [3.05, 3.63) is 114 Å². The number of aromatic nitrogens is 1. The monoisotopic (exact) mass is 763 g/mol. The Kier molecular flexibility index (Phi) is 12.9. The Bertz CT molecular complexity index is 1880. The molecule has 2 saturated carbocycles. The number of aryl methyl sites for hydroxylation is 1. The molecule has 0 spiro atoms. The van der Waals surface area contributed by atoms with Gasteiger partial charge in [-0.3, -0.25) is 9.78 Å². The summed E-state index contributed by atoms with van der Waals surface area (Å²) in [5, 5.41) is 24.6. The summed E-state index contributed by atoms with van der Waals surface area (Å²) in [5.41, 5.74) is 5.63. The molecule has 0 saturated heterocycles. The number of fused-ring (bicyclic) bond motifs is 2. The number of nitrogens with zero attached hydrogens (tertiary/aromatic N) is 3. The van der Waals surface area contributed by atoms with E-state index in [0.29, 0.717) is 44.0 Å². The van der Waals surface area contributed by atoms with Crippen molar-refractivity contribution in [3.63, 3.8) is 0 Å². The maximum atomic E-state index is 14.0. The minimum absolute atomic E-state index is 0.00845. The summed E-state index contributed by atoms with van der Waals surface area (Å²) in [6.07, 6.45) is 11.1. The van der Waals surface area contributed by atoms with Crippen molar-refractivity contribution in [1.29, 1.82) is 0 Å². The number of allylic oxidation sites excluding steroid dienone is 1. The standard InChI is InChI=1S/C46H57N3O7/c1-4-25-54-46-42(49(3)45(52)33-19-20-33)28-40(48-55-29-32-14-6-5-7-15-32)38-26-34(16-8-10-23-50)37(18-9-11-24-51)43(44(38)46)39-27-36(21-22-41(39)56-46)53-30-35-17-12-13-31(2)47-35/h4-7,12-15,17,21-22,26-27,33-34,37,42-44,50-51H,1,8-11,16,18-20,23-25,28-30H2,2-3H3. The molecule has 0 radical (unpaired) electrons. The molecule has 10 nitrogen and oxygen atoms in total. The molecule has 10 heteroatoms. The Labute approximate surface area is 331 Å². The number of unbranched alkanes of at least 4 members (excludes halogenated alkanes) is 2. The highest BCUT2D eigenvalue weighted by molar-refractivity contribution is 6.03. The van der Waals surface area contributed by atoms with Crippen LogP contribution in [0.15, 0.2) is 96.2 Å². The Morgan fingerprint density at radius 2 is 1.80 bits per heavy atom. The number of hydrogen-bond donors (Lipinski definition) is 2. The van der Waals surface area contributed by atoms with Gasteiger partial charge in [0.2, 0.25) is 11.7 Å². The number of likely N-dealkylation sites (N-methyl/N-ethyl adjacent to an activating group) is 1. The van der Waals surface area contributed by atoms with Crippen molar-refractivity contribution in [2.75, 3.05) is 26.9 Å². The van der Waals surface area contributed by atoms with Crippen LogP contribution in [0.25, 0.3) is 0 Å². The second-order valence-electron chi connectivity index (χ2n) is 15.8. The molecule has 1 aromatic heterocycles. The third kappa shape index (κ3) is 8.58. The number of aliphatic hydroxyl groups is 2. The van der Waals surface area contributed by atoms with Gasteiger partial charge in [-0.25, -0.2) is 0 Å². The first kappa shape index (κ1) is 39.7. The van der Waals surface area contributed by atoms with Gasteiger partial charge in [-0.15, -0.1) is 6.58 Å². The largest absolute Gasteiger partial charge is 0.487 e. The number of carbonyl (C=O) groups excluding carboxylic acids is 1. The van der Waals surface area contributed by atoms with E-state index < -0.39 is 11.8 Å². The van der Waals surface area contributed by atoms with Gasteiger partial charge in [0, 0.05) is 49.8 Å². The normalized spacial score (nSPS) is 25.7. The van der Waals surface area contributed by atoms with Crippen LogP contribution in [0.4, 0.5) is 0 Å². The van der Waals surface area contributed by atoms with Crippen molar-refractivity contribution in [3.8, 4) is 11.5 Å². The van der Waals surface area contributed by atoms with Gasteiger partial charge < -0.3 is 34.2 Å². The van der Waals surface area contributed by atoms with E-state index in [1.807, 2.05) is 79.5 Å². The van der Waals surface area contributed by atoms with Gasteiger partial charge in [0.15, 0.2) is 0 Å². The summed E-state index contributed by atoms with van der Waals surface area (Å²) < 4.78 is 20.7. The first-order chi connectivity index (χ1) is 27.4. The quantitative estimate of drug-likeness (QED) is 0.0725. The number of hydrogen-bond acceptors (Lipinski definition) is 9. The molecular weight excluding hydrogens is 707 g/mol. The van der Waals surface area contributed by atoms with E-state index in [-0.39, 0.29) is 55.3 Å². The summed E-state index contributed by atoms with van der Waals surface area (Å²) in [4.78, 5) is 26.7. The number of carbonyl (C=O) groups is 1. The van der Waals surface area contributed by atoms with E-state index in [4.69, 9.17) is 24.2 Å². The van der Waals surface area contributed by atoms with Crippen LogP contribution < -0.4 is 9.47 Å². The molecule has 1 amide bonds. The molecule has 2 fully saturated rings. The third-order valence-electron chi connectivity index (χ3n) is 12.0. The van der Waals surface area contributed by atoms with Gasteiger partial charge >= 0.3 is 0 Å². The maximum absolute atomic E-state index is 14.0. The number of ether oxygens (including phenoxy) is 3. The summed E-state index contributed by atoms with van der Waals surface area (Å²) in [6.45, 7) is 7.11. The first-order valence-corrected chi connectivity index (χ1v) is 20.4. The lowest BCUT2D eigenvalue weighted by Gasteiger charge is -2.59. The summed E-state index contributed by atoms with van der Waals surface area (Å²) >= 11 is 0. The second kappa shape index (κ2) is 18.2. The highest BCUT2D eigenvalue weighted by atomic mass is 16.7. The highest BCUT2D eigenvalue weighted by Crippen LogP contribution is 2.62. The molecule has 6 atom stereocenters.